The van der Waals surface area contributed by atoms with Gasteiger partial charge in [-0.15, -0.1) is 0 Å². The molecular weight excluding hydrogens is 170 g/mol. The van der Waals surface area contributed by atoms with Gasteiger partial charge in [0.15, 0.2) is 0 Å². The fraction of sp³-hybridized carbons (Fsp3) is 0.889. The van der Waals surface area contributed by atoms with Crippen molar-refractivity contribution in [1.29, 1.82) is 0 Å². The van der Waals surface area contributed by atoms with Gasteiger partial charge in [0.1, 0.15) is 0 Å². The van der Waals surface area contributed by atoms with Crippen LogP contribution in [0.1, 0.15) is 12.8 Å². The number of nitrogens with two attached hydrogens (primary N) is 1. The predicted molar refractivity (Wildman–Crippen MR) is 48.1 cm³/mol. The Bertz CT molecular complexity index is 172. The SMILES string of the molecule is COC(=O)C1CC(CN)C(OC)C1. The molecule has 0 aromatic carbocycles. The van der Waals surface area contributed by atoms with E-state index < -0.39 is 0 Å². The van der Waals surface area contributed by atoms with E-state index in [2.05, 4.69) is 4.74 Å². The number of ether oxygens (including phenoxy) is 2. The molecule has 0 aromatic rings. The van der Waals surface area contributed by atoms with Gasteiger partial charge >= 0.3 is 5.97 Å². The zero-order valence-corrected chi connectivity index (χ0v) is 8.16. The van der Waals surface area contributed by atoms with Crippen molar-refractivity contribution in [3.8, 4) is 0 Å². The third-order valence-electron chi connectivity index (χ3n) is 2.77. The van der Waals surface area contributed by atoms with E-state index in [-0.39, 0.29) is 18.0 Å². The maximum absolute atomic E-state index is 11.2. The van der Waals surface area contributed by atoms with Crippen LogP contribution in [-0.4, -0.2) is 32.8 Å². The van der Waals surface area contributed by atoms with Crippen LogP contribution < -0.4 is 5.73 Å². The molecule has 1 rings (SSSR count). The molecule has 0 aromatic heterocycles. The molecule has 0 bridgehead atoms. The number of hydrogen-bond acceptors (Lipinski definition) is 4. The first kappa shape index (κ1) is 10.5. The van der Waals surface area contributed by atoms with Gasteiger partial charge in [-0.25, -0.2) is 0 Å². The van der Waals surface area contributed by atoms with Gasteiger partial charge in [-0.05, 0) is 25.3 Å². The van der Waals surface area contributed by atoms with Crippen molar-refractivity contribution in [2.24, 2.45) is 17.6 Å². The molecule has 4 heteroatoms. The van der Waals surface area contributed by atoms with E-state index in [4.69, 9.17) is 10.5 Å². The molecule has 13 heavy (non-hydrogen) atoms. The van der Waals surface area contributed by atoms with E-state index in [1.165, 1.54) is 7.11 Å². The van der Waals surface area contributed by atoms with Crippen LogP contribution >= 0.6 is 0 Å². The Labute approximate surface area is 78.4 Å². The lowest BCUT2D eigenvalue weighted by Crippen LogP contribution is -2.23. The van der Waals surface area contributed by atoms with Crippen molar-refractivity contribution in [3.63, 3.8) is 0 Å². The maximum Gasteiger partial charge on any atom is 0.308 e. The lowest BCUT2D eigenvalue weighted by atomic mass is 10.1. The van der Waals surface area contributed by atoms with Crippen LogP contribution in [0.15, 0.2) is 0 Å². The highest BCUT2D eigenvalue weighted by atomic mass is 16.5. The highest BCUT2D eigenvalue weighted by Gasteiger charge is 2.37. The number of rotatable bonds is 3. The second-order valence-corrected chi connectivity index (χ2v) is 3.46. The van der Waals surface area contributed by atoms with Crippen LogP contribution in [0.25, 0.3) is 0 Å². The molecule has 0 radical (unpaired) electrons. The lowest BCUT2D eigenvalue weighted by Gasteiger charge is -2.14. The number of hydrogen-bond donors (Lipinski definition) is 1. The monoisotopic (exact) mass is 187 g/mol. The van der Waals surface area contributed by atoms with Crippen LogP contribution in [-0.2, 0) is 14.3 Å². The van der Waals surface area contributed by atoms with E-state index in [9.17, 15) is 4.79 Å². The molecule has 1 saturated carbocycles. The minimum atomic E-state index is -0.141. The van der Waals surface area contributed by atoms with Crippen molar-refractivity contribution in [2.75, 3.05) is 20.8 Å². The van der Waals surface area contributed by atoms with Crippen molar-refractivity contribution >= 4 is 5.97 Å². The summed E-state index contributed by atoms with van der Waals surface area (Å²) in [7, 11) is 3.08. The Kier molecular flexibility index (Phi) is 3.69. The van der Waals surface area contributed by atoms with Gasteiger partial charge in [0.05, 0.1) is 19.1 Å². The molecule has 0 spiro atoms. The summed E-state index contributed by atoms with van der Waals surface area (Å²) >= 11 is 0. The smallest absolute Gasteiger partial charge is 0.308 e. The Morgan fingerprint density at radius 1 is 1.46 bits per heavy atom. The van der Waals surface area contributed by atoms with Gasteiger partial charge < -0.3 is 15.2 Å². The second kappa shape index (κ2) is 4.58. The molecule has 2 N–H and O–H groups in total. The molecule has 3 unspecified atom stereocenters. The first-order valence-electron chi connectivity index (χ1n) is 4.53. The fourth-order valence-electron chi connectivity index (χ4n) is 1.98. The van der Waals surface area contributed by atoms with Crippen molar-refractivity contribution in [2.45, 2.75) is 18.9 Å². The van der Waals surface area contributed by atoms with Crippen LogP contribution in [0.3, 0.4) is 0 Å². The third-order valence-corrected chi connectivity index (χ3v) is 2.77. The fourth-order valence-corrected chi connectivity index (χ4v) is 1.98. The topological polar surface area (TPSA) is 61.5 Å². The van der Waals surface area contributed by atoms with E-state index in [0.717, 1.165) is 12.8 Å². The largest absolute Gasteiger partial charge is 0.469 e. The van der Waals surface area contributed by atoms with Crippen molar-refractivity contribution < 1.29 is 14.3 Å². The Morgan fingerprint density at radius 2 is 2.15 bits per heavy atom. The number of esters is 1. The van der Waals surface area contributed by atoms with Gasteiger partial charge in [-0.1, -0.05) is 0 Å². The summed E-state index contributed by atoms with van der Waals surface area (Å²) < 4.78 is 9.94. The van der Waals surface area contributed by atoms with E-state index in [0.29, 0.717) is 12.5 Å². The molecule has 0 saturated heterocycles. The minimum absolute atomic E-state index is 0.0245. The molecular formula is C9H17NO3. The zero-order valence-electron chi connectivity index (χ0n) is 8.16. The highest BCUT2D eigenvalue weighted by Crippen LogP contribution is 2.33. The summed E-state index contributed by atoms with van der Waals surface area (Å²) in [6.45, 7) is 0.575. The van der Waals surface area contributed by atoms with Gasteiger partial charge in [-0.2, -0.15) is 0 Å². The first-order valence-corrected chi connectivity index (χ1v) is 4.53. The number of carbonyl (C=O) groups excluding carboxylic acids is 1. The van der Waals surface area contributed by atoms with Crippen LogP contribution in [0.2, 0.25) is 0 Å². The summed E-state index contributed by atoms with van der Waals surface area (Å²) in [5.74, 6) is 0.135. The Morgan fingerprint density at radius 3 is 2.54 bits per heavy atom. The molecule has 1 aliphatic carbocycles. The summed E-state index contributed by atoms with van der Waals surface area (Å²) in [5.41, 5.74) is 5.57. The molecule has 3 atom stereocenters. The predicted octanol–water partition coefficient (Wildman–Crippen LogP) is 0.159. The van der Waals surface area contributed by atoms with Gasteiger partial charge in [0.2, 0.25) is 0 Å². The molecule has 1 fully saturated rings. The number of carbonyl (C=O) groups is 1. The summed E-state index contributed by atoms with van der Waals surface area (Å²) in [6.07, 6.45) is 1.65. The third kappa shape index (κ3) is 2.19. The average molecular weight is 187 g/mol. The minimum Gasteiger partial charge on any atom is -0.469 e. The average Bonchev–Trinajstić information content (AvgIpc) is 2.59. The summed E-state index contributed by atoms with van der Waals surface area (Å²) in [5, 5.41) is 0. The van der Waals surface area contributed by atoms with E-state index in [1.807, 2.05) is 0 Å². The highest BCUT2D eigenvalue weighted by molar-refractivity contribution is 5.72. The zero-order chi connectivity index (χ0) is 9.84. The normalized spacial score (nSPS) is 33.3. The van der Waals surface area contributed by atoms with Gasteiger partial charge in [-0.3, -0.25) is 4.79 Å². The van der Waals surface area contributed by atoms with Crippen LogP contribution in [0.5, 0.6) is 0 Å². The quantitative estimate of drug-likeness (QED) is 0.639. The second-order valence-electron chi connectivity index (χ2n) is 3.46. The summed E-state index contributed by atoms with van der Waals surface area (Å²) in [6, 6.07) is 0. The van der Waals surface area contributed by atoms with Crippen LogP contribution in [0, 0.1) is 11.8 Å². The van der Waals surface area contributed by atoms with Crippen LogP contribution in [0.4, 0.5) is 0 Å². The maximum atomic E-state index is 11.2. The number of methoxy groups -OCH3 is 2. The molecule has 1 aliphatic rings. The molecule has 4 nitrogen and oxygen atoms in total. The van der Waals surface area contributed by atoms with E-state index >= 15 is 0 Å². The summed E-state index contributed by atoms with van der Waals surface area (Å²) in [4.78, 5) is 11.2. The van der Waals surface area contributed by atoms with Gasteiger partial charge in [0.25, 0.3) is 0 Å². The van der Waals surface area contributed by atoms with Gasteiger partial charge in [0, 0.05) is 7.11 Å². The molecule has 0 heterocycles. The standard InChI is InChI=1S/C9H17NO3/c1-12-8-4-6(9(11)13-2)3-7(8)5-10/h6-8H,3-5,10H2,1-2H3. The Hall–Kier alpha value is -0.610. The molecule has 0 aliphatic heterocycles. The van der Waals surface area contributed by atoms with Crippen molar-refractivity contribution in [1.82, 2.24) is 0 Å². The lowest BCUT2D eigenvalue weighted by molar-refractivity contribution is -0.145. The van der Waals surface area contributed by atoms with E-state index in [1.54, 1.807) is 7.11 Å². The molecule has 0 amide bonds. The Balaban J connectivity index is 2.52. The van der Waals surface area contributed by atoms with Crippen molar-refractivity contribution in [3.05, 3.63) is 0 Å². The molecule has 76 valence electrons. The first-order chi connectivity index (χ1) is 6.22.